The minimum atomic E-state index is -0.408. The molecule has 31 heavy (non-hydrogen) atoms. The first-order chi connectivity index (χ1) is 15.2. The van der Waals surface area contributed by atoms with Gasteiger partial charge >= 0.3 is 0 Å². The highest BCUT2D eigenvalue weighted by Gasteiger charge is 2.36. The molecule has 0 radical (unpaired) electrons. The third-order valence-electron chi connectivity index (χ3n) is 5.11. The zero-order valence-corrected chi connectivity index (χ0v) is 17.5. The highest BCUT2D eigenvalue weighted by atomic mass is 32.2. The van der Waals surface area contributed by atoms with Gasteiger partial charge in [0.15, 0.2) is 5.17 Å². The van der Waals surface area contributed by atoms with E-state index in [1.165, 1.54) is 11.8 Å². The van der Waals surface area contributed by atoms with Crippen molar-refractivity contribution in [1.82, 2.24) is 9.47 Å². The van der Waals surface area contributed by atoms with E-state index >= 15 is 0 Å². The molecule has 2 aliphatic heterocycles. The van der Waals surface area contributed by atoms with E-state index < -0.39 is 5.91 Å². The van der Waals surface area contributed by atoms with E-state index in [1.807, 2.05) is 82.9 Å². The second-order valence-corrected chi connectivity index (χ2v) is 7.77. The fraction of sp³-hybridized carbons (Fsp3) is 0.0417. The lowest BCUT2D eigenvalue weighted by molar-refractivity contribution is -0.114. The van der Waals surface area contributed by atoms with E-state index in [9.17, 15) is 4.79 Å². The van der Waals surface area contributed by atoms with Gasteiger partial charge in [-0.1, -0.05) is 42.1 Å². The van der Waals surface area contributed by atoms with Gasteiger partial charge in [0.05, 0.1) is 18.4 Å². The van der Waals surface area contributed by atoms with Crippen molar-refractivity contribution in [3.05, 3.63) is 95.2 Å². The molecule has 2 aromatic carbocycles. The summed E-state index contributed by atoms with van der Waals surface area (Å²) in [6.07, 6.45) is 3.64. The number of fused-ring (bicyclic) bond motifs is 1. The molecule has 0 fully saturated rings. The van der Waals surface area contributed by atoms with Crippen LogP contribution in [0.15, 0.2) is 88.9 Å². The van der Waals surface area contributed by atoms with Crippen LogP contribution < -0.4 is 4.74 Å². The number of nitrogens with one attached hydrogen (secondary N) is 1. The Morgan fingerprint density at radius 3 is 2.55 bits per heavy atom. The molecule has 0 saturated carbocycles. The molecule has 6 nitrogen and oxygen atoms in total. The Morgan fingerprint density at radius 2 is 1.81 bits per heavy atom. The minimum Gasteiger partial charge on any atom is -0.497 e. The fourth-order valence-corrected chi connectivity index (χ4v) is 4.44. The quantitative estimate of drug-likeness (QED) is 0.609. The molecule has 0 saturated heterocycles. The van der Waals surface area contributed by atoms with Crippen molar-refractivity contribution in [3.63, 3.8) is 0 Å². The molecule has 152 valence electrons. The van der Waals surface area contributed by atoms with Crippen molar-refractivity contribution < 1.29 is 9.53 Å². The largest absolute Gasteiger partial charge is 0.497 e. The van der Waals surface area contributed by atoms with Gasteiger partial charge in [0.25, 0.3) is 5.91 Å². The fourth-order valence-electron chi connectivity index (χ4n) is 3.55. The number of methoxy groups -OCH3 is 1. The van der Waals surface area contributed by atoms with Gasteiger partial charge in [-0.05, 0) is 48.0 Å². The number of hydrogen-bond donors (Lipinski definition) is 1. The number of nitrogens with zero attached hydrogens (tertiary/aromatic N) is 3. The molecule has 1 N–H and O–H groups in total. The molecule has 7 heteroatoms. The Hall–Kier alpha value is -3.84. The smallest absolute Gasteiger partial charge is 0.283 e. The van der Waals surface area contributed by atoms with Gasteiger partial charge in [-0.15, -0.1) is 0 Å². The number of aromatic nitrogens is 1. The number of hydrogen-bond acceptors (Lipinski definition) is 4. The monoisotopic (exact) mass is 426 g/mol. The molecule has 0 spiro atoms. The number of carbonyl (C=O) groups is 1. The number of aliphatic imine (C=N–C) groups is 1. The maximum Gasteiger partial charge on any atom is 0.283 e. The lowest BCUT2D eigenvalue weighted by atomic mass is 10.1. The van der Waals surface area contributed by atoms with Crippen molar-refractivity contribution in [2.45, 2.75) is 0 Å². The molecule has 1 aromatic heterocycles. The lowest BCUT2D eigenvalue weighted by Crippen LogP contribution is -2.38. The number of ether oxygens (including phenoxy) is 1. The van der Waals surface area contributed by atoms with E-state index in [4.69, 9.17) is 10.1 Å². The molecule has 0 aliphatic carbocycles. The summed E-state index contributed by atoms with van der Waals surface area (Å²) in [4.78, 5) is 18.7. The van der Waals surface area contributed by atoms with Crippen molar-refractivity contribution >= 4 is 40.4 Å². The van der Waals surface area contributed by atoms with Gasteiger partial charge in [0.2, 0.25) is 0 Å². The number of thioether (sulfide) groups is 1. The molecular weight excluding hydrogens is 408 g/mol. The van der Waals surface area contributed by atoms with Crippen molar-refractivity contribution in [2.75, 3.05) is 7.11 Å². The van der Waals surface area contributed by atoms with E-state index in [0.29, 0.717) is 5.17 Å². The molecule has 0 bridgehead atoms. The average molecular weight is 427 g/mol. The van der Waals surface area contributed by atoms with Crippen molar-refractivity contribution in [3.8, 4) is 11.4 Å². The van der Waals surface area contributed by atoms with E-state index in [0.717, 1.165) is 28.4 Å². The van der Waals surface area contributed by atoms with Crippen LogP contribution in [0.4, 0.5) is 0 Å². The Balaban J connectivity index is 1.52. The Bertz CT molecular complexity index is 1270. The first-order valence-corrected chi connectivity index (χ1v) is 10.5. The molecular formula is C24H18N4O2S. The Kier molecular flexibility index (Phi) is 4.80. The van der Waals surface area contributed by atoms with Crippen LogP contribution in [0.3, 0.4) is 0 Å². The third kappa shape index (κ3) is 3.39. The van der Waals surface area contributed by atoms with E-state index in [-0.39, 0.29) is 11.4 Å². The van der Waals surface area contributed by atoms with Gasteiger partial charge < -0.3 is 9.30 Å². The maximum atomic E-state index is 12.8. The van der Waals surface area contributed by atoms with Gasteiger partial charge in [0, 0.05) is 23.0 Å². The Labute approximate surface area is 183 Å². The predicted octanol–water partition coefficient (Wildman–Crippen LogP) is 4.79. The summed E-state index contributed by atoms with van der Waals surface area (Å²) in [5, 5.41) is 11.2. The van der Waals surface area contributed by atoms with Crippen LogP contribution >= 0.6 is 11.8 Å². The lowest BCUT2D eigenvalue weighted by Gasteiger charge is -2.27. The third-order valence-corrected chi connectivity index (χ3v) is 5.93. The summed E-state index contributed by atoms with van der Waals surface area (Å²) in [7, 11) is 1.63. The van der Waals surface area contributed by atoms with Crippen LogP contribution in [0.2, 0.25) is 0 Å². The average Bonchev–Trinajstić information content (AvgIpc) is 3.44. The molecule has 0 unspecified atom stereocenters. The summed E-state index contributed by atoms with van der Waals surface area (Å²) in [5.74, 6) is 0.486. The molecule has 3 heterocycles. The van der Waals surface area contributed by atoms with Crippen LogP contribution in [0.25, 0.3) is 17.5 Å². The van der Waals surface area contributed by atoms with Crippen LogP contribution in [0.1, 0.15) is 11.3 Å². The number of benzene rings is 2. The number of carbonyl (C=O) groups excluding carboxylic acids is 1. The standard InChI is InChI=1S/C24H18N4O2S/c1-30-19-11-9-17(10-12-19)27-13-5-8-18(27)14-20-22(25)28-21(16-6-3-2-4-7-16)15-31-24(28)26-23(20)29/h2-15,25H,1H3/b20-14-,25-22?. The summed E-state index contributed by atoms with van der Waals surface area (Å²) < 4.78 is 7.19. The Morgan fingerprint density at radius 1 is 1.03 bits per heavy atom. The van der Waals surface area contributed by atoms with E-state index in [1.54, 1.807) is 18.1 Å². The molecule has 0 atom stereocenters. The van der Waals surface area contributed by atoms with Gasteiger partial charge in [0.1, 0.15) is 11.6 Å². The zero-order valence-electron chi connectivity index (χ0n) is 16.6. The van der Waals surface area contributed by atoms with Crippen molar-refractivity contribution in [2.24, 2.45) is 4.99 Å². The van der Waals surface area contributed by atoms with Crippen molar-refractivity contribution in [1.29, 1.82) is 5.41 Å². The predicted molar refractivity (Wildman–Crippen MR) is 124 cm³/mol. The minimum absolute atomic E-state index is 0.123. The summed E-state index contributed by atoms with van der Waals surface area (Å²) in [6.45, 7) is 0. The van der Waals surface area contributed by atoms with Gasteiger partial charge in [-0.25, -0.2) is 0 Å². The second kappa shape index (κ2) is 7.77. The number of amidine groups is 2. The highest BCUT2D eigenvalue weighted by molar-refractivity contribution is 8.17. The molecule has 3 aromatic rings. The highest BCUT2D eigenvalue weighted by Crippen LogP contribution is 2.37. The van der Waals surface area contributed by atoms with Crippen LogP contribution in [-0.4, -0.2) is 33.5 Å². The van der Waals surface area contributed by atoms with Crippen LogP contribution in [0.5, 0.6) is 5.75 Å². The van der Waals surface area contributed by atoms with Crippen LogP contribution in [0, 0.1) is 5.41 Å². The summed E-state index contributed by atoms with van der Waals surface area (Å²) in [5.41, 5.74) is 3.78. The summed E-state index contributed by atoms with van der Waals surface area (Å²) in [6, 6.07) is 21.3. The normalized spacial score (nSPS) is 16.9. The van der Waals surface area contributed by atoms with Gasteiger partial charge in [-0.2, -0.15) is 4.99 Å². The van der Waals surface area contributed by atoms with Gasteiger partial charge in [-0.3, -0.25) is 15.1 Å². The van der Waals surface area contributed by atoms with E-state index in [2.05, 4.69) is 4.99 Å². The molecule has 1 amide bonds. The SMILES string of the molecule is COc1ccc(-n2cccc2/C=C2/C(=N)N3C(c4ccccc4)=CSC3=NC2=O)cc1. The summed E-state index contributed by atoms with van der Waals surface area (Å²) >= 11 is 1.36. The molecule has 5 rings (SSSR count). The number of rotatable bonds is 4. The number of amides is 1. The van der Waals surface area contributed by atoms with Crippen LogP contribution in [-0.2, 0) is 4.79 Å². The zero-order chi connectivity index (χ0) is 21.4. The topological polar surface area (TPSA) is 70.7 Å². The molecule has 2 aliphatic rings. The maximum absolute atomic E-state index is 12.8. The second-order valence-electron chi connectivity index (χ2n) is 6.93. The first kappa shape index (κ1) is 19.1. The first-order valence-electron chi connectivity index (χ1n) is 9.63.